The molecule has 0 fully saturated rings. The van der Waals surface area contributed by atoms with Crippen molar-refractivity contribution in [3.8, 4) is 5.75 Å². The Kier molecular flexibility index (Phi) is 1.93. The minimum absolute atomic E-state index is 0.589. The molecule has 0 aromatic heterocycles. The van der Waals surface area contributed by atoms with Crippen LogP contribution in [0.4, 0.5) is 5.69 Å². The van der Waals surface area contributed by atoms with Crippen LogP contribution in [0.5, 0.6) is 5.75 Å². The molecule has 4 heteroatoms. The summed E-state index contributed by atoms with van der Waals surface area (Å²) in [4.78, 5) is 0. The fraction of sp³-hybridized carbons (Fsp3) is 0.250. The van der Waals surface area contributed by atoms with E-state index in [0.717, 1.165) is 22.2 Å². The van der Waals surface area contributed by atoms with Crippen LogP contribution in [0.25, 0.3) is 0 Å². The molecule has 0 spiro atoms. The Hall–Kier alpha value is -0.410. The van der Waals surface area contributed by atoms with Crippen molar-refractivity contribution >= 4 is 33.2 Å². The highest BCUT2D eigenvalue weighted by molar-refractivity contribution is 9.10. The summed E-state index contributed by atoms with van der Waals surface area (Å²) in [6.45, 7) is 0.693. The number of nitrogen functional groups attached to an aromatic ring is 1. The van der Waals surface area contributed by atoms with E-state index in [4.69, 9.17) is 22.1 Å². The number of ether oxygens (including phenoxy) is 1. The molecule has 0 unspecified atom stereocenters. The van der Waals surface area contributed by atoms with Gasteiger partial charge in [0, 0.05) is 12.0 Å². The van der Waals surface area contributed by atoms with E-state index in [1.165, 1.54) is 0 Å². The number of rotatable bonds is 0. The number of nitrogens with two attached hydrogens (primary N) is 1. The first-order valence-electron chi connectivity index (χ1n) is 3.59. The molecule has 0 amide bonds. The van der Waals surface area contributed by atoms with Gasteiger partial charge in [0.05, 0.1) is 21.8 Å². The Morgan fingerprint density at radius 2 is 2.33 bits per heavy atom. The van der Waals surface area contributed by atoms with Crippen molar-refractivity contribution < 1.29 is 4.74 Å². The highest BCUT2D eigenvalue weighted by atomic mass is 79.9. The number of anilines is 1. The van der Waals surface area contributed by atoms with E-state index >= 15 is 0 Å². The average Bonchev–Trinajstić information content (AvgIpc) is 2.48. The molecule has 0 bridgehead atoms. The minimum Gasteiger partial charge on any atom is -0.492 e. The van der Waals surface area contributed by atoms with E-state index in [-0.39, 0.29) is 0 Å². The predicted octanol–water partition coefficient (Wildman–Crippen LogP) is 2.62. The third kappa shape index (κ3) is 1.08. The van der Waals surface area contributed by atoms with Crippen LogP contribution in [0.2, 0.25) is 5.02 Å². The Morgan fingerprint density at radius 3 is 3.08 bits per heavy atom. The molecule has 1 aliphatic rings. The second-order valence-electron chi connectivity index (χ2n) is 2.66. The maximum absolute atomic E-state index is 5.89. The lowest BCUT2D eigenvalue weighted by atomic mass is 10.1. The molecule has 0 atom stereocenters. The summed E-state index contributed by atoms with van der Waals surface area (Å²) < 4.78 is 6.26. The van der Waals surface area contributed by atoms with Crippen LogP contribution in [0.1, 0.15) is 5.56 Å². The highest BCUT2D eigenvalue weighted by Crippen LogP contribution is 2.41. The van der Waals surface area contributed by atoms with E-state index < -0.39 is 0 Å². The lowest BCUT2D eigenvalue weighted by Crippen LogP contribution is -1.92. The van der Waals surface area contributed by atoms with Gasteiger partial charge in [0.15, 0.2) is 0 Å². The van der Waals surface area contributed by atoms with Gasteiger partial charge in [-0.25, -0.2) is 0 Å². The lowest BCUT2D eigenvalue weighted by molar-refractivity contribution is 0.355. The van der Waals surface area contributed by atoms with Crippen molar-refractivity contribution in [3.63, 3.8) is 0 Å². The van der Waals surface area contributed by atoms with Crippen LogP contribution in [0.15, 0.2) is 10.5 Å². The maximum Gasteiger partial charge on any atom is 0.138 e. The Morgan fingerprint density at radius 1 is 1.58 bits per heavy atom. The quantitative estimate of drug-likeness (QED) is 0.716. The van der Waals surface area contributed by atoms with Crippen molar-refractivity contribution in [1.29, 1.82) is 0 Å². The largest absolute Gasteiger partial charge is 0.492 e. The minimum atomic E-state index is 0.589. The number of hydrogen-bond acceptors (Lipinski definition) is 2. The van der Waals surface area contributed by atoms with Gasteiger partial charge >= 0.3 is 0 Å². The van der Waals surface area contributed by atoms with E-state index in [1.54, 1.807) is 6.07 Å². The molecule has 1 aromatic rings. The van der Waals surface area contributed by atoms with Gasteiger partial charge in [0.2, 0.25) is 0 Å². The van der Waals surface area contributed by atoms with Gasteiger partial charge < -0.3 is 10.5 Å². The molecule has 12 heavy (non-hydrogen) atoms. The van der Waals surface area contributed by atoms with Gasteiger partial charge in [0.1, 0.15) is 5.75 Å². The van der Waals surface area contributed by atoms with E-state index in [9.17, 15) is 0 Å². The third-order valence-corrected chi connectivity index (χ3v) is 2.83. The Labute approximate surface area is 83.8 Å². The van der Waals surface area contributed by atoms with E-state index in [2.05, 4.69) is 15.9 Å². The number of hydrogen-bond donors (Lipinski definition) is 1. The van der Waals surface area contributed by atoms with Crippen molar-refractivity contribution in [2.75, 3.05) is 12.3 Å². The normalized spacial score (nSPS) is 14.2. The molecular formula is C8H7BrClNO. The average molecular weight is 249 g/mol. The van der Waals surface area contributed by atoms with E-state index in [0.29, 0.717) is 17.3 Å². The molecule has 1 aliphatic heterocycles. The van der Waals surface area contributed by atoms with Gasteiger partial charge in [-0.3, -0.25) is 0 Å². The first-order chi connectivity index (χ1) is 5.70. The molecule has 2 N–H and O–H groups in total. The molecule has 2 rings (SSSR count). The van der Waals surface area contributed by atoms with Crippen LogP contribution < -0.4 is 10.5 Å². The monoisotopic (exact) mass is 247 g/mol. The zero-order valence-electron chi connectivity index (χ0n) is 6.23. The number of benzene rings is 1. The maximum atomic E-state index is 5.89. The van der Waals surface area contributed by atoms with Gasteiger partial charge in [-0.05, 0) is 22.0 Å². The van der Waals surface area contributed by atoms with E-state index in [1.807, 2.05) is 0 Å². The molecule has 0 saturated heterocycles. The summed E-state index contributed by atoms with van der Waals surface area (Å²) >= 11 is 9.25. The molecule has 1 aromatic carbocycles. The summed E-state index contributed by atoms with van der Waals surface area (Å²) in [6.07, 6.45) is 0.848. The third-order valence-electron chi connectivity index (χ3n) is 1.93. The molecule has 2 nitrogen and oxygen atoms in total. The van der Waals surface area contributed by atoms with Crippen LogP contribution >= 0.6 is 27.5 Å². The highest BCUT2D eigenvalue weighted by Gasteiger charge is 2.20. The Bertz CT molecular complexity index is 340. The second-order valence-corrected chi connectivity index (χ2v) is 3.92. The van der Waals surface area contributed by atoms with Gasteiger partial charge in [-0.15, -0.1) is 0 Å². The number of fused-ring (bicyclic) bond motifs is 1. The molecule has 0 aliphatic carbocycles. The van der Waals surface area contributed by atoms with Gasteiger partial charge in [0.25, 0.3) is 0 Å². The van der Waals surface area contributed by atoms with Crippen LogP contribution in [0, 0.1) is 0 Å². The van der Waals surface area contributed by atoms with Crippen molar-refractivity contribution in [2.24, 2.45) is 0 Å². The fourth-order valence-corrected chi connectivity index (χ4v) is 2.26. The van der Waals surface area contributed by atoms with Crippen LogP contribution in [0.3, 0.4) is 0 Å². The van der Waals surface area contributed by atoms with Crippen LogP contribution in [-0.4, -0.2) is 6.61 Å². The topological polar surface area (TPSA) is 35.2 Å². The summed E-state index contributed by atoms with van der Waals surface area (Å²) in [7, 11) is 0. The SMILES string of the molecule is Nc1c(Cl)cc(Br)c2c1CCO2. The molecule has 64 valence electrons. The molecule has 0 radical (unpaired) electrons. The summed E-state index contributed by atoms with van der Waals surface area (Å²) in [5, 5.41) is 0.589. The smallest absolute Gasteiger partial charge is 0.138 e. The fourth-order valence-electron chi connectivity index (χ4n) is 1.32. The molecular weight excluding hydrogens is 241 g/mol. The van der Waals surface area contributed by atoms with Crippen LogP contribution in [-0.2, 0) is 6.42 Å². The van der Waals surface area contributed by atoms with Gasteiger partial charge in [-0.1, -0.05) is 11.6 Å². The first-order valence-corrected chi connectivity index (χ1v) is 4.76. The van der Waals surface area contributed by atoms with Crippen molar-refractivity contribution in [1.82, 2.24) is 0 Å². The van der Waals surface area contributed by atoms with Gasteiger partial charge in [-0.2, -0.15) is 0 Å². The summed E-state index contributed by atoms with van der Waals surface area (Å²) in [5.74, 6) is 0.844. The zero-order valence-corrected chi connectivity index (χ0v) is 8.58. The predicted molar refractivity (Wildman–Crippen MR) is 52.8 cm³/mol. The first kappa shape index (κ1) is 8.20. The summed E-state index contributed by atoms with van der Waals surface area (Å²) in [5.41, 5.74) is 7.44. The zero-order chi connectivity index (χ0) is 8.72. The molecule has 1 heterocycles. The Balaban J connectivity index is 2.69. The second kappa shape index (κ2) is 2.82. The standard InChI is InChI=1S/C8H7BrClNO/c9-5-3-6(10)7(11)4-1-2-12-8(4)5/h3H,1-2,11H2. The number of halogens is 2. The lowest BCUT2D eigenvalue weighted by Gasteiger charge is -2.06. The summed E-state index contributed by atoms with van der Waals surface area (Å²) in [6, 6.07) is 1.76. The van der Waals surface area contributed by atoms with Crippen molar-refractivity contribution in [2.45, 2.75) is 6.42 Å². The molecule has 0 saturated carbocycles. The van der Waals surface area contributed by atoms with Crippen molar-refractivity contribution in [3.05, 3.63) is 21.1 Å².